The minimum Gasteiger partial charge on any atom is -0.268 e. The predicted octanol–water partition coefficient (Wildman–Crippen LogP) is 2.94. The lowest BCUT2D eigenvalue weighted by Gasteiger charge is -2.18. The van der Waals surface area contributed by atoms with Crippen molar-refractivity contribution < 1.29 is 17.6 Å². The SMILES string of the molecule is CN(C(=O)c1c(F)cccc1Cl)S(=O)(=O)c1ccccc1. The summed E-state index contributed by atoms with van der Waals surface area (Å²) in [6, 6.07) is 11.1. The summed E-state index contributed by atoms with van der Waals surface area (Å²) in [5.41, 5.74) is -0.471. The minimum atomic E-state index is -4.06. The fraction of sp³-hybridized carbons (Fsp3) is 0.0714. The first-order valence-corrected chi connectivity index (χ1v) is 7.70. The zero-order valence-corrected chi connectivity index (χ0v) is 12.5. The third kappa shape index (κ3) is 2.91. The fourth-order valence-electron chi connectivity index (χ4n) is 1.72. The van der Waals surface area contributed by atoms with Gasteiger partial charge in [-0.3, -0.25) is 4.79 Å². The van der Waals surface area contributed by atoms with E-state index in [1.165, 1.54) is 36.4 Å². The monoisotopic (exact) mass is 327 g/mol. The Morgan fingerprint density at radius 3 is 2.29 bits per heavy atom. The molecule has 0 heterocycles. The Hall–Kier alpha value is -1.92. The molecule has 0 spiro atoms. The molecule has 0 radical (unpaired) electrons. The number of sulfonamides is 1. The number of carbonyl (C=O) groups is 1. The van der Waals surface area contributed by atoms with E-state index in [0.717, 1.165) is 13.1 Å². The highest BCUT2D eigenvalue weighted by Gasteiger charge is 2.29. The first-order valence-electron chi connectivity index (χ1n) is 5.88. The number of benzene rings is 2. The van der Waals surface area contributed by atoms with Crippen molar-refractivity contribution in [1.82, 2.24) is 4.31 Å². The summed E-state index contributed by atoms with van der Waals surface area (Å²) in [6.45, 7) is 0. The van der Waals surface area contributed by atoms with Gasteiger partial charge in [0.15, 0.2) is 0 Å². The number of rotatable bonds is 3. The quantitative estimate of drug-likeness (QED) is 0.871. The molecule has 2 aromatic rings. The van der Waals surface area contributed by atoms with Crippen LogP contribution in [0, 0.1) is 5.82 Å². The highest BCUT2D eigenvalue weighted by atomic mass is 35.5. The molecule has 0 aliphatic heterocycles. The lowest BCUT2D eigenvalue weighted by Crippen LogP contribution is -2.34. The van der Waals surface area contributed by atoms with Crippen LogP contribution in [0.2, 0.25) is 5.02 Å². The molecule has 2 aromatic carbocycles. The number of nitrogens with zero attached hydrogens (tertiary/aromatic N) is 1. The summed E-state index contributed by atoms with van der Waals surface area (Å²) in [7, 11) is -3.00. The van der Waals surface area contributed by atoms with Crippen LogP contribution in [0.15, 0.2) is 53.4 Å². The first-order chi connectivity index (χ1) is 9.85. The van der Waals surface area contributed by atoms with Gasteiger partial charge < -0.3 is 0 Å². The van der Waals surface area contributed by atoms with Crippen molar-refractivity contribution in [3.05, 3.63) is 64.9 Å². The van der Waals surface area contributed by atoms with E-state index in [1.54, 1.807) is 6.07 Å². The fourth-order valence-corrected chi connectivity index (χ4v) is 3.09. The van der Waals surface area contributed by atoms with Crippen LogP contribution in [0.1, 0.15) is 10.4 Å². The average Bonchev–Trinajstić information content (AvgIpc) is 2.47. The largest absolute Gasteiger partial charge is 0.271 e. The van der Waals surface area contributed by atoms with Crippen molar-refractivity contribution >= 4 is 27.5 Å². The summed E-state index contributed by atoms with van der Waals surface area (Å²) >= 11 is 5.78. The van der Waals surface area contributed by atoms with Gasteiger partial charge in [0.2, 0.25) is 0 Å². The van der Waals surface area contributed by atoms with E-state index in [2.05, 4.69) is 0 Å². The standard InChI is InChI=1S/C14H11ClFNO3S/c1-17(21(19,20)10-6-3-2-4-7-10)14(18)13-11(15)8-5-9-12(13)16/h2-9H,1H3. The molecule has 1 amide bonds. The van der Waals surface area contributed by atoms with Crippen LogP contribution in [0.3, 0.4) is 0 Å². The van der Waals surface area contributed by atoms with E-state index in [1.807, 2.05) is 0 Å². The van der Waals surface area contributed by atoms with Crippen molar-refractivity contribution in [3.8, 4) is 0 Å². The maximum absolute atomic E-state index is 13.7. The molecule has 0 unspecified atom stereocenters. The molecule has 0 fully saturated rings. The summed E-state index contributed by atoms with van der Waals surface area (Å²) in [5.74, 6) is -1.90. The van der Waals surface area contributed by atoms with Gasteiger partial charge in [0.25, 0.3) is 15.9 Å². The normalized spacial score (nSPS) is 11.2. The van der Waals surface area contributed by atoms with Crippen molar-refractivity contribution in [3.63, 3.8) is 0 Å². The molecule has 110 valence electrons. The van der Waals surface area contributed by atoms with Crippen molar-refractivity contribution in [2.24, 2.45) is 0 Å². The van der Waals surface area contributed by atoms with Crippen LogP contribution < -0.4 is 0 Å². The molecule has 0 aliphatic carbocycles. The van der Waals surface area contributed by atoms with E-state index in [0.29, 0.717) is 4.31 Å². The van der Waals surface area contributed by atoms with Crippen LogP contribution in [-0.4, -0.2) is 25.7 Å². The lowest BCUT2D eigenvalue weighted by atomic mass is 10.2. The molecule has 0 atom stereocenters. The Morgan fingerprint density at radius 2 is 1.71 bits per heavy atom. The molecule has 0 aromatic heterocycles. The molecule has 21 heavy (non-hydrogen) atoms. The van der Waals surface area contributed by atoms with Gasteiger partial charge in [-0.1, -0.05) is 35.9 Å². The number of amides is 1. The molecule has 2 rings (SSSR count). The third-order valence-corrected chi connectivity index (χ3v) is 4.93. The van der Waals surface area contributed by atoms with Crippen LogP contribution in [0.4, 0.5) is 4.39 Å². The first kappa shape index (κ1) is 15.5. The molecule has 4 nitrogen and oxygen atoms in total. The predicted molar refractivity (Wildman–Crippen MR) is 77.1 cm³/mol. The van der Waals surface area contributed by atoms with E-state index in [-0.39, 0.29) is 9.92 Å². The van der Waals surface area contributed by atoms with Crippen LogP contribution >= 0.6 is 11.6 Å². The van der Waals surface area contributed by atoms with E-state index >= 15 is 0 Å². The van der Waals surface area contributed by atoms with Crippen molar-refractivity contribution in [1.29, 1.82) is 0 Å². The van der Waals surface area contributed by atoms with Gasteiger partial charge in [0.05, 0.1) is 15.5 Å². The smallest absolute Gasteiger partial charge is 0.268 e. The number of carbonyl (C=O) groups excluding carboxylic acids is 1. The summed E-state index contributed by atoms with van der Waals surface area (Å²) in [4.78, 5) is 12.2. The third-order valence-electron chi connectivity index (χ3n) is 2.86. The second kappa shape index (κ2) is 5.83. The van der Waals surface area contributed by atoms with Crippen molar-refractivity contribution in [2.75, 3.05) is 7.05 Å². The second-order valence-corrected chi connectivity index (χ2v) is 6.56. The van der Waals surface area contributed by atoms with E-state index < -0.39 is 27.3 Å². The zero-order chi connectivity index (χ0) is 15.6. The van der Waals surface area contributed by atoms with E-state index in [9.17, 15) is 17.6 Å². The van der Waals surface area contributed by atoms with Crippen LogP contribution in [0.5, 0.6) is 0 Å². The topological polar surface area (TPSA) is 54.5 Å². The molecule has 7 heteroatoms. The van der Waals surface area contributed by atoms with Gasteiger partial charge in [-0.05, 0) is 24.3 Å². The van der Waals surface area contributed by atoms with Gasteiger partial charge in [-0.2, -0.15) is 0 Å². The molecule has 0 aliphatic rings. The molecule has 0 saturated carbocycles. The maximum Gasteiger partial charge on any atom is 0.271 e. The number of hydrogen-bond acceptors (Lipinski definition) is 3. The average molecular weight is 328 g/mol. The van der Waals surface area contributed by atoms with Gasteiger partial charge >= 0.3 is 0 Å². The lowest BCUT2D eigenvalue weighted by molar-refractivity contribution is 0.0879. The molecule has 0 saturated heterocycles. The number of halogens is 2. The van der Waals surface area contributed by atoms with Crippen molar-refractivity contribution in [2.45, 2.75) is 4.90 Å². The summed E-state index contributed by atoms with van der Waals surface area (Å²) in [5, 5.41) is -0.143. The van der Waals surface area contributed by atoms with Crippen LogP contribution in [0.25, 0.3) is 0 Å². The Morgan fingerprint density at radius 1 is 1.10 bits per heavy atom. The highest BCUT2D eigenvalue weighted by molar-refractivity contribution is 7.89. The Bertz CT molecular complexity index is 758. The van der Waals surface area contributed by atoms with Gasteiger partial charge in [0, 0.05) is 7.05 Å². The Kier molecular flexibility index (Phi) is 4.29. The minimum absolute atomic E-state index is 0.0617. The van der Waals surface area contributed by atoms with Crippen LogP contribution in [-0.2, 0) is 10.0 Å². The Labute approximate surface area is 126 Å². The molecule has 0 bridgehead atoms. The molecular formula is C14H11ClFNO3S. The zero-order valence-electron chi connectivity index (χ0n) is 11.0. The number of hydrogen-bond donors (Lipinski definition) is 0. The molecular weight excluding hydrogens is 317 g/mol. The highest BCUT2D eigenvalue weighted by Crippen LogP contribution is 2.23. The van der Waals surface area contributed by atoms with E-state index in [4.69, 9.17) is 11.6 Å². The Balaban J connectivity index is 2.45. The van der Waals surface area contributed by atoms with Gasteiger partial charge in [-0.25, -0.2) is 17.1 Å². The maximum atomic E-state index is 13.7. The summed E-state index contributed by atoms with van der Waals surface area (Å²) in [6.07, 6.45) is 0. The second-order valence-electron chi connectivity index (χ2n) is 4.19. The van der Waals surface area contributed by atoms with Gasteiger partial charge in [0.1, 0.15) is 5.82 Å². The summed E-state index contributed by atoms with van der Waals surface area (Å²) < 4.78 is 38.8. The van der Waals surface area contributed by atoms with Gasteiger partial charge in [-0.15, -0.1) is 0 Å². The molecule has 0 N–H and O–H groups in total.